The Balaban J connectivity index is 2.56. The maximum atomic E-state index is 11.2. The maximum absolute atomic E-state index is 11.2. The van der Waals surface area contributed by atoms with Crippen LogP contribution in [0.25, 0.3) is 0 Å². The molecule has 1 saturated heterocycles. The van der Waals surface area contributed by atoms with Crippen LogP contribution in [0.15, 0.2) is 0 Å². The molecule has 0 aromatic carbocycles. The van der Waals surface area contributed by atoms with Gasteiger partial charge in [0.25, 0.3) is 0 Å². The predicted molar refractivity (Wildman–Crippen MR) is 62.9 cm³/mol. The van der Waals surface area contributed by atoms with Crippen molar-refractivity contribution >= 4 is 11.9 Å². The highest BCUT2D eigenvalue weighted by molar-refractivity contribution is 5.69. The van der Waals surface area contributed by atoms with E-state index in [1.165, 1.54) is 0 Å². The van der Waals surface area contributed by atoms with Gasteiger partial charge in [-0.2, -0.15) is 0 Å². The van der Waals surface area contributed by atoms with E-state index in [2.05, 4.69) is 0 Å². The maximum Gasteiger partial charge on any atom is 0.305 e. The molecule has 4 atom stereocenters. The molecule has 1 rings (SSSR count). The Hall–Kier alpha value is -1.18. The van der Waals surface area contributed by atoms with Crippen LogP contribution in [0, 0.1) is 0 Å². The van der Waals surface area contributed by atoms with Gasteiger partial charge in [0.2, 0.25) is 0 Å². The third kappa shape index (κ3) is 4.77. The van der Waals surface area contributed by atoms with Gasteiger partial charge < -0.3 is 24.4 Å². The molecule has 19 heavy (non-hydrogen) atoms. The van der Waals surface area contributed by atoms with E-state index in [1.807, 2.05) is 0 Å². The van der Waals surface area contributed by atoms with Crippen LogP contribution < -0.4 is 0 Å². The number of hydrogen-bond acceptors (Lipinski definition) is 7. The van der Waals surface area contributed by atoms with Crippen LogP contribution in [0.2, 0.25) is 0 Å². The van der Waals surface area contributed by atoms with Crippen molar-refractivity contribution in [2.75, 3.05) is 6.61 Å². The van der Waals surface area contributed by atoms with Gasteiger partial charge in [0.15, 0.2) is 6.29 Å². The van der Waals surface area contributed by atoms with E-state index in [1.54, 1.807) is 13.8 Å². The first kappa shape index (κ1) is 15.9. The van der Waals surface area contributed by atoms with Gasteiger partial charge >= 0.3 is 11.9 Å². The first-order chi connectivity index (χ1) is 8.97. The van der Waals surface area contributed by atoms with Crippen molar-refractivity contribution in [3.63, 3.8) is 0 Å². The Kier molecular flexibility index (Phi) is 6.20. The van der Waals surface area contributed by atoms with Gasteiger partial charge in [-0.1, -0.05) is 13.8 Å². The second-order valence-corrected chi connectivity index (χ2v) is 4.27. The molecule has 2 N–H and O–H groups in total. The van der Waals surface area contributed by atoms with Gasteiger partial charge in [0.1, 0.15) is 24.9 Å². The lowest BCUT2D eigenvalue weighted by Crippen LogP contribution is -2.51. The van der Waals surface area contributed by atoms with Crippen molar-refractivity contribution in [1.29, 1.82) is 0 Å². The van der Waals surface area contributed by atoms with Crippen molar-refractivity contribution < 1.29 is 34.0 Å². The molecular weight excluding hydrogens is 256 g/mol. The average molecular weight is 276 g/mol. The first-order valence-corrected chi connectivity index (χ1v) is 6.34. The van der Waals surface area contributed by atoms with Crippen LogP contribution in [0.1, 0.15) is 33.1 Å². The van der Waals surface area contributed by atoms with Gasteiger partial charge in [0.05, 0.1) is 0 Å². The number of ether oxygens (including phenoxy) is 3. The Morgan fingerprint density at radius 1 is 1.21 bits per heavy atom. The van der Waals surface area contributed by atoms with Crippen LogP contribution in [0.5, 0.6) is 0 Å². The van der Waals surface area contributed by atoms with E-state index >= 15 is 0 Å². The summed E-state index contributed by atoms with van der Waals surface area (Å²) < 4.78 is 14.9. The zero-order chi connectivity index (χ0) is 14.4. The summed E-state index contributed by atoms with van der Waals surface area (Å²) in [6, 6.07) is 0. The molecule has 0 aromatic rings. The molecule has 7 heteroatoms. The molecule has 1 aliphatic heterocycles. The largest absolute Gasteiger partial charge is 0.463 e. The van der Waals surface area contributed by atoms with E-state index in [4.69, 9.17) is 14.2 Å². The lowest BCUT2D eigenvalue weighted by molar-refractivity contribution is -0.247. The predicted octanol–water partition coefficient (Wildman–Crippen LogP) is -0.270. The number of carbonyl (C=O) groups is 2. The summed E-state index contributed by atoms with van der Waals surface area (Å²) in [6.45, 7) is 3.08. The lowest BCUT2D eigenvalue weighted by Gasteiger charge is -2.36. The molecular formula is C12H20O7. The van der Waals surface area contributed by atoms with E-state index in [0.717, 1.165) is 0 Å². The number of rotatable bonds is 5. The second-order valence-electron chi connectivity index (χ2n) is 4.27. The van der Waals surface area contributed by atoms with E-state index in [9.17, 15) is 19.8 Å². The summed E-state index contributed by atoms with van der Waals surface area (Å²) in [5.74, 6) is -0.902. The van der Waals surface area contributed by atoms with Crippen molar-refractivity contribution in [3.8, 4) is 0 Å². The van der Waals surface area contributed by atoms with E-state index in [0.29, 0.717) is 0 Å². The minimum Gasteiger partial charge on any atom is -0.463 e. The highest BCUT2D eigenvalue weighted by Crippen LogP contribution is 2.22. The molecule has 0 saturated carbocycles. The smallest absolute Gasteiger partial charge is 0.305 e. The molecule has 0 unspecified atom stereocenters. The van der Waals surface area contributed by atoms with Crippen molar-refractivity contribution in [2.24, 2.45) is 0 Å². The molecule has 0 aromatic heterocycles. The molecule has 1 aliphatic rings. The van der Waals surface area contributed by atoms with Gasteiger partial charge in [-0.3, -0.25) is 9.59 Å². The van der Waals surface area contributed by atoms with Gasteiger partial charge in [-0.15, -0.1) is 0 Å². The highest BCUT2D eigenvalue weighted by atomic mass is 16.6. The molecule has 0 aliphatic carbocycles. The third-order valence-electron chi connectivity index (χ3n) is 2.80. The number of carbonyl (C=O) groups excluding carboxylic acids is 2. The summed E-state index contributed by atoms with van der Waals surface area (Å²) in [5.41, 5.74) is 0. The van der Waals surface area contributed by atoms with E-state index < -0.39 is 36.5 Å². The Morgan fingerprint density at radius 3 is 2.42 bits per heavy atom. The third-order valence-corrected chi connectivity index (χ3v) is 2.80. The minimum atomic E-state index is -1.16. The summed E-state index contributed by atoms with van der Waals surface area (Å²) in [4.78, 5) is 22.3. The van der Waals surface area contributed by atoms with Crippen LogP contribution in [-0.2, 0) is 23.8 Å². The average Bonchev–Trinajstić information content (AvgIpc) is 2.40. The summed E-state index contributed by atoms with van der Waals surface area (Å²) in [6.07, 6.45) is -3.69. The molecule has 1 fully saturated rings. The molecule has 0 bridgehead atoms. The van der Waals surface area contributed by atoms with Gasteiger partial charge in [-0.05, 0) is 0 Å². The van der Waals surface area contributed by atoms with Crippen LogP contribution in [-0.4, -0.2) is 53.4 Å². The quantitative estimate of drug-likeness (QED) is 0.666. The van der Waals surface area contributed by atoms with Crippen molar-refractivity contribution in [1.82, 2.24) is 0 Å². The number of aliphatic hydroxyl groups excluding tert-OH is 2. The normalized spacial score (nSPS) is 30.7. The topological polar surface area (TPSA) is 102 Å². The summed E-state index contributed by atoms with van der Waals surface area (Å²) in [7, 11) is 0. The Labute approximate surface area is 111 Å². The monoisotopic (exact) mass is 276 g/mol. The standard InChI is InChI=1S/C12H20O7/c1-3-9(13)17-6-8-12(16)7(5-11(15)19-8)18-10(14)4-2/h7-8,11-12,15-16H,3-6H2,1-2H3/t7-,8-,11+,12+/m1/s1. The number of aliphatic hydroxyl groups is 2. The zero-order valence-corrected chi connectivity index (χ0v) is 11.1. The molecule has 7 nitrogen and oxygen atoms in total. The number of hydrogen-bond donors (Lipinski definition) is 2. The molecule has 0 radical (unpaired) electrons. The van der Waals surface area contributed by atoms with Crippen LogP contribution >= 0.6 is 0 Å². The SMILES string of the molecule is CCC(=O)OC[C@H]1O[C@H](O)C[C@@H](OC(=O)CC)[C@@H]1O. The Bertz CT molecular complexity index is 317. The van der Waals surface area contributed by atoms with Gasteiger partial charge in [0, 0.05) is 19.3 Å². The second kappa shape index (κ2) is 7.42. The van der Waals surface area contributed by atoms with Crippen molar-refractivity contribution in [3.05, 3.63) is 0 Å². The fourth-order valence-corrected chi connectivity index (χ4v) is 1.70. The van der Waals surface area contributed by atoms with Gasteiger partial charge in [-0.25, -0.2) is 0 Å². The van der Waals surface area contributed by atoms with E-state index in [-0.39, 0.29) is 25.9 Å². The molecule has 1 heterocycles. The first-order valence-electron chi connectivity index (χ1n) is 6.34. The molecule has 110 valence electrons. The lowest BCUT2D eigenvalue weighted by atomic mass is 10.0. The minimum absolute atomic E-state index is 0.00880. The number of esters is 2. The highest BCUT2D eigenvalue weighted by Gasteiger charge is 2.39. The molecule has 0 amide bonds. The Morgan fingerprint density at radius 2 is 1.84 bits per heavy atom. The summed E-state index contributed by atoms with van der Waals surface area (Å²) >= 11 is 0. The summed E-state index contributed by atoms with van der Waals surface area (Å²) in [5, 5.41) is 19.5. The van der Waals surface area contributed by atoms with Crippen LogP contribution in [0.4, 0.5) is 0 Å². The van der Waals surface area contributed by atoms with Crippen molar-refractivity contribution in [2.45, 2.75) is 57.7 Å². The van der Waals surface area contributed by atoms with Crippen LogP contribution in [0.3, 0.4) is 0 Å². The fourth-order valence-electron chi connectivity index (χ4n) is 1.70. The molecule has 0 spiro atoms. The fraction of sp³-hybridized carbons (Fsp3) is 0.833. The zero-order valence-electron chi connectivity index (χ0n) is 11.1.